The number of carbonyl (C=O) groups is 1. The first kappa shape index (κ1) is 15.2. The van der Waals surface area contributed by atoms with Gasteiger partial charge in [-0.05, 0) is 12.1 Å². The first-order valence-electron chi connectivity index (χ1n) is 6.51. The van der Waals surface area contributed by atoms with E-state index in [0.29, 0.717) is 18.8 Å². The van der Waals surface area contributed by atoms with Crippen LogP contribution in [0.25, 0.3) is 0 Å². The molecular formula is C13H18FN4O3+. The van der Waals surface area contributed by atoms with Crippen molar-refractivity contribution in [2.75, 3.05) is 31.1 Å². The van der Waals surface area contributed by atoms with Crippen LogP contribution in [-0.4, -0.2) is 54.5 Å². The topological polar surface area (TPSA) is 105 Å². The van der Waals surface area contributed by atoms with Crippen LogP contribution in [0.4, 0.5) is 20.6 Å². The van der Waals surface area contributed by atoms with E-state index >= 15 is 0 Å². The summed E-state index contributed by atoms with van der Waals surface area (Å²) >= 11 is 0. The Morgan fingerprint density at radius 3 is 2.86 bits per heavy atom. The van der Waals surface area contributed by atoms with Crippen molar-refractivity contribution >= 4 is 23.8 Å². The van der Waals surface area contributed by atoms with E-state index in [2.05, 4.69) is 0 Å². The zero-order chi connectivity index (χ0) is 15.4. The highest BCUT2D eigenvalue weighted by Gasteiger charge is 2.32. The molecule has 1 atom stereocenters. The lowest BCUT2D eigenvalue weighted by molar-refractivity contribution is -0.435. The van der Waals surface area contributed by atoms with E-state index in [4.69, 9.17) is 21.3 Å². The lowest BCUT2D eigenvalue weighted by Crippen LogP contribution is -2.26. The molecule has 1 amide bonds. The van der Waals surface area contributed by atoms with Gasteiger partial charge in [0.1, 0.15) is 12.6 Å². The van der Waals surface area contributed by atoms with Gasteiger partial charge in [-0.3, -0.25) is 10.6 Å². The number of carbonyl (C=O) groups excluding carboxylic acids is 1. The summed E-state index contributed by atoms with van der Waals surface area (Å²) in [6.45, 7) is 0.621. The second-order valence-electron chi connectivity index (χ2n) is 4.57. The number of cyclic esters (lactones) is 1. The maximum atomic E-state index is 14.2. The van der Waals surface area contributed by atoms with Gasteiger partial charge in [0.15, 0.2) is 11.5 Å². The summed E-state index contributed by atoms with van der Waals surface area (Å²) in [5.74, 6) is -0.525. The first-order chi connectivity index (χ1) is 10.1. The van der Waals surface area contributed by atoms with Gasteiger partial charge in [-0.15, -0.1) is 0 Å². The molecule has 1 aliphatic heterocycles. The molecule has 2 rings (SSSR count). The first-order valence-corrected chi connectivity index (χ1v) is 6.51. The third-order valence-electron chi connectivity index (χ3n) is 3.18. The molecule has 1 heterocycles. The van der Waals surface area contributed by atoms with Crippen LogP contribution in [0.1, 0.15) is 0 Å². The van der Waals surface area contributed by atoms with Gasteiger partial charge in [0.2, 0.25) is 6.34 Å². The minimum atomic E-state index is -0.606. The number of aliphatic hydroxyl groups excluding tert-OH is 1. The summed E-state index contributed by atoms with van der Waals surface area (Å²) in [4.78, 5) is 12.9. The van der Waals surface area contributed by atoms with Crippen LogP contribution in [0.5, 0.6) is 0 Å². The quantitative estimate of drug-likeness (QED) is 0.394. The smallest absolute Gasteiger partial charge is 0.414 e. The molecule has 8 heteroatoms. The van der Waals surface area contributed by atoms with Gasteiger partial charge in [0.05, 0.1) is 18.8 Å². The fourth-order valence-corrected chi connectivity index (χ4v) is 2.14. The lowest BCUT2D eigenvalue weighted by Gasteiger charge is -2.14. The summed E-state index contributed by atoms with van der Waals surface area (Å²) < 4.78 is 20.6. The second kappa shape index (κ2) is 6.51. The number of hydrogen-bond acceptors (Lipinski definition) is 4. The summed E-state index contributed by atoms with van der Waals surface area (Å²) in [7, 11) is 0. The highest BCUT2D eigenvalue weighted by Crippen LogP contribution is 2.26. The number of ether oxygens (including phenoxy) is 1. The molecule has 1 aromatic rings. The molecule has 0 radical (unpaired) electrons. The molecule has 1 saturated heterocycles. The second-order valence-corrected chi connectivity index (χ2v) is 4.57. The van der Waals surface area contributed by atoms with E-state index in [0.717, 1.165) is 0 Å². The Hall–Kier alpha value is -2.19. The molecule has 0 bridgehead atoms. The third kappa shape index (κ3) is 3.11. The molecule has 1 aliphatic rings. The summed E-state index contributed by atoms with van der Waals surface area (Å²) in [5.41, 5.74) is 11.5. The Bertz CT molecular complexity index is 564. The van der Waals surface area contributed by atoms with Crippen LogP contribution in [0.2, 0.25) is 0 Å². The molecule has 21 heavy (non-hydrogen) atoms. The van der Waals surface area contributed by atoms with Crippen LogP contribution in [0.3, 0.4) is 0 Å². The van der Waals surface area contributed by atoms with Gasteiger partial charge in [-0.25, -0.2) is 13.8 Å². The van der Waals surface area contributed by atoms with Crippen LogP contribution >= 0.6 is 0 Å². The largest absolute Gasteiger partial charge is 0.441 e. The van der Waals surface area contributed by atoms with Crippen molar-refractivity contribution in [3.8, 4) is 0 Å². The lowest BCUT2D eigenvalue weighted by atomic mass is 10.2. The average Bonchev–Trinajstić information content (AvgIpc) is 2.86. The Labute approximate surface area is 121 Å². The summed E-state index contributed by atoms with van der Waals surface area (Å²) in [5, 5.41) is 9.00. The standard InChI is InChI=1S/C13H17FN4O3/c14-11-5-9(18-6-10(7-19)21-13(18)20)1-2-12(11)17(8-16)4-3-15/h1-2,5,8,10,16,19H,3-4,6-7,15H2/p+1/t10-/m1/s1. The Kier molecular flexibility index (Phi) is 4.71. The fraction of sp³-hybridized carbons (Fsp3) is 0.385. The van der Waals surface area contributed by atoms with E-state index in [1.54, 1.807) is 6.07 Å². The van der Waals surface area contributed by atoms with Gasteiger partial charge in [0.25, 0.3) is 0 Å². The Morgan fingerprint density at radius 2 is 2.33 bits per heavy atom. The van der Waals surface area contributed by atoms with E-state index < -0.39 is 18.0 Å². The number of aliphatic hydroxyl groups is 1. The van der Waals surface area contributed by atoms with Crippen molar-refractivity contribution in [3.63, 3.8) is 0 Å². The third-order valence-corrected chi connectivity index (χ3v) is 3.18. The molecule has 0 aromatic heterocycles. The monoisotopic (exact) mass is 297 g/mol. The minimum absolute atomic E-state index is 0.184. The number of anilines is 1. The maximum Gasteiger partial charge on any atom is 0.414 e. The summed E-state index contributed by atoms with van der Waals surface area (Å²) in [6.07, 6.45) is 0.0494. The van der Waals surface area contributed by atoms with Crippen LogP contribution < -0.4 is 16.4 Å². The molecular weight excluding hydrogens is 279 g/mol. The van der Waals surface area contributed by atoms with Crippen molar-refractivity contribution in [2.24, 2.45) is 11.5 Å². The maximum absolute atomic E-state index is 14.2. The highest BCUT2D eigenvalue weighted by atomic mass is 19.1. The molecule has 0 unspecified atom stereocenters. The predicted molar refractivity (Wildman–Crippen MR) is 75.2 cm³/mol. The molecule has 0 aliphatic carbocycles. The number of nitrogens with two attached hydrogens (primary N) is 2. The van der Waals surface area contributed by atoms with Crippen molar-refractivity contribution in [3.05, 3.63) is 24.0 Å². The van der Waals surface area contributed by atoms with Crippen molar-refractivity contribution < 1.29 is 23.6 Å². The number of rotatable bonds is 5. The van der Waals surface area contributed by atoms with Gasteiger partial charge in [-0.2, -0.15) is 0 Å². The molecule has 7 nitrogen and oxygen atoms in total. The van der Waals surface area contributed by atoms with Crippen molar-refractivity contribution in [2.45, 2.75) is 6.10 Å². The molecule has 1 aromatic carbocycles. The molecule has 114 valence electrons. The molecule has 0 saturated carbocycles. The van der Waals surface area contributed by atoms with E-state index in [-0.39, 0.29) is 18.8 Å². The van der Waals surface area contributed by atoms with E-state index in [1.807, 2.05) is 0 Å². The molecule has 5 N–H and O–H groups in total. The number of halogens is 1. The van der Waals surface area contributed by atoms with Gasteiger partial charge in [-0.1, -0.05) is 0 Å². The van der Waals surface area contributed by atoms with E-state index in [9.17, 15) is 9.18 Å². The van der Waals surface area contributed by atoms with Crippen molar-refractivity contribution in [1.29, 1.82) is 0 Å². The Morgan fingerprint density at radius 1 is 1.57 bits per heavy atom. The fourth-order valence-electron chi connectivity index (χ4n) is 2.14. The number of nitrogens with zero attached hydrogens (tertiary/aromatic N) is 2. The van der Waals surface area contributed by atoms with Crippen molar-refractivity contribution in [1.82, 2.24) is 0 Å². The van der Waals surface area contributed by atoms with Crippen LogP contribution in [-0.2, 0) is 4.74 Å². The Balaban J connectivity index is 2.25. The predicted octanol–water partition coefficient (Wildman–Crippen LogP) is -0.267. The number of hydrogen-bond donors (Lipinski definition) is 3. The number of benzene rings is 1. The molecule has 1 fully saturated rings. The molecule has 0 spiro atoms. The minimum Gasteiger partial charge on any atom is -0.441 e. The van der Waals surface area contributed by atoms with Gasteiger partial charge in [0, 0.05) is 12.6 Å². The summed E-state index contributed by atoms with van der Waals surface area (Å²) in [6, 6.07) is 4.33. The van der Waals surface area contributed by atoms with Gasteiger partial charge >= 0.3 is 6.09 Å². The highest BCUT2D eigenvalue weighted by molar-refractivity contribution is 5.89. The van der Waals surface area contributed by atoms with E-state index in [1.165, 1.54) is 27.9 Å². The van der Waals surface area contributed by atoms with Crippen LogP contribution in [0.15, 0.2) is 18.2 Å². The average molecular weight is 297 g/mol. The zero-order valence-corrected chi connectivity index (χ0v) is 11.4. The van der Waals surface area contributed by atoms with Gasteiger partial charge < -0.3 is 15.6 Å². The number of amides is 1. The van der Waals surface area contributed by atoms with Crippen LogP contribution in [0, 0.1) is 5.82 Å². The normalized spacial score (nSPS) is 19.0. The SMILES string of the molecule is NC=[N+](CCN)c1ccc(N2C[C@H](CO)OC2=O)cc1F. The zero-order valence-electron chi connectivity index (χ0n) is 11.4.